The normalized spacial score (nSPS) is 18.2. The first kappa shape index (κ1) is 11.7. The molecule has 0 saturated heterocycles. The van der Waals surface area contributed by atoms with Crippen molar-refractivity contribution in [2.75, 3.05) is 6.54 Å². The quantitative estimate of drug-likeness (QED) is 0.818. The summed E-state index contributed by atoms with van der Waals surface area (Å²) in [4.78, 5) is 1.29. The Kier molecular flexibility index (Phi) is 4.07. The van der Waals surface area contributed by atoms with Crippen LogP contribution in [0.2, 0.25) is 0 Å². The molecule has 88 valence electrons. The molecule has 1 aromatic heterocycles. The minimum Gasteiger partial charge on any atom is -0.306 e. The molecule has 3 nitrogen and oxygen atoms in total. The maximum absolute atomic E-state index is 4.12. The third-order valence-corrected chi connectivity index (χ3v) is 3.95. The van der Waals surface area contributed by atoms with E-state index in [0.29, 0.717) is 6.04 Å². The fourth-order valence-corrected chi connectivity index (χ4v) is 2.99. The minimum absolute atomic E-state index is 0.352. The lowest BCUT2D eigenvalue weighted by Crippen LogP contribution is -2.23. The van der Waals surface area contributed by atoms with E-state index < -0.39 is 0 Å². The van der Waals surface area contributed by atoms with Crippen LogP contribution in [0.25, 0.3) is 0 Å². The summed E-state index contributed by atoms with van der Waals surface area (Å²) in [7, 11) is 0. The molecule has 0 radical (unpaired) electrons. The summed E-state index contributed by atoms with van der Waals surface area (Å²) < 4.78 is 4.04. The lowest BCUT2D eigenvalue weighted by molar-refractivity contribution is 0.567. The Morgan fingerprint density at radius 1 is 1.50 bits per heavy atom. The highest BCUT2D eigenvalue weighted by Gasteiger charge is 2.21. The van der Waals surface area contributed by atoms with Crippen LogP contribution >= 0.6 is 11.5 Å². The molecule has 1 heterocycles. The Bertz CT molecular complexity index is 370. The number of hydrogen-bond acceptors (Lipinski definition) is 4. The molecule has 16 heavy (non-hydrogen) atoms. The van der Waals surface area contributed by atoms with Gasteiger partial charge in [-0.25, -0.2) is 0 Å². The van der Waals surface area contributed by atoms with E-state index in [0.717, 1.165) is 12.2 Å². The van der Waals surface area contributed by atoms with Gasteiger partial charge >= 0.3 is 0 Å². The Hall–Kier alpha value is -0.740. The van der Waals surface area contributed by atoms with E-state index in [1.54, 1.807) is 0 Å². The van der Waals surface area contributed by atoms with Crippen molar-refractivity contribution in [3.8, 4) is 0 Å². The number of likely N-dealkylation sites (N-methyl/N-ethyl adjacent to an activating group) is 1. The van der Waals surface area contributed by atoms with Crippen molar-refractivity contribution in [3.05, 3.63) is 22.2 Å². The van der Waals surface area contributed by atoms with Crippen LogP contribution < -0.4 is 5.32 Å². The van der Waals surface area contributed by atoms with Crippen LogP contribution in [0.4, 0.5) is 0 Å². The van der Waals surface area contributed by atoms with Crippen molar-refractivity contribution in [1.82, 2.24) is 14.9 Å². The van der Waals surface area contributed by atoms with Crippen molar-refractivity contribution >= 4 is 11.5 Å². The van der Waals surface area contributed by atoms with Crippen LogP contribution in [0.5, 0.6) is 0 Å². The van der Waals surface area contributed by atoms with Gasteiger partial charge in [-0.1, -0.05) is 23.1 Å². The zero-order valence-electron chi connectivity index (χ0n) is 9.99. The van der Waals surface area contributed by atoms with Gasteiger partial charge in [0.2, 0.25) is 0 Å². The lowest BCUT2D eigenvalue weighted by Gasteiger charge is -2.23. The van der Waals surface area contributed by atoms with Crippen LogP contribution in [-0.4, -0.2) is 16.1 Å². The van der Waals surface area contributed by atoms with Gasteiger partial charge in [-0.05, 0) is 50.7 Å². The molecule has 0 fully saturated rings. The Labute approximate surface area is 101 Å². The van der Waals surface area contributed by atoms with Crippen molar-refractivity contribution in [2.45, 2.75) is 45.6 Å². The summed E-state index contributed by atoms with van der Waals surface area (Å²) in [6.45, 7) is 5.19. The number of hydrogen-bond donors (Lipinski definition) is 1. The zero-order chi connectivity index (χ0) is 11.4. The van der Waals surface area contributed by atoms with Crippen LogP contribution in [0.3, 0.4) is 0 Å². The second-order valence-electron chi connectivity index (χ2n) is 4.24. The SMILES string of the molecule is CCNC(C1=CCCCC1)c1snnc1C. The molecular weight excluding hydrogens is 218 g/mol. The first-order valence-corrected chi connectivity index (χ1v) is 6.81. The molecule has 0 bridgehead atoms. The number of aryl methyl sites for hydroxylation is 1. The second kappa shape index (κ2) is 5.55. The Morgan fingerprint density at radius 3 is 2.94 bits per heavy atom. The highest BCUT2D eigenvalue weighted by atomic mass is 32.1. The van der Waals surface area contributed by atoms with Gasteiger partial charge in [0, 0.05) is 0 Å². The molecular formula is C12H19N3S. The topological polar surface area (TPSA) is 37.8 Å². The van der Waals surface area contributed by atoms with Crippen molar-refractivity contribution in [1.29, 1.82) is 0 Å². The van der Waals surface area contributed by atoms with Crippen LogP contribution in [0.1, 0.15) is 49.2 Å². The van der Waals surface area contributed by atoms with E-state index in [1.165, 1.54) is 47.7 Å². The molecule has 1 aliphatic carbocycles. The fourth-order valence-electron chi connectivity index (χ4n) is 2.22. The van der Waals surface area contributed by atoms with Crippen LogP contribution in [0, 0.1) is 6.92 Å². The van der Waals surface area contributed by atoms with E-state index in [2.05, 4.69) is 27.9 Å². The van der Waals surface area contributed by atoms with Crippen LogP contribution in [-0.2, 0) is 0 Å². The maximum atomic E-state index is 4.12. The number of nitrogens with one attached hydrogen (secondary N) is 1. The van der Waals surface area contributed by atoms with Crippen molar-refractivity contribution in [3.63, 3.8) is 0 Å². The van der Waals surface area contributed by atoms with E-state index in [9.17, 15) is 0 Å². The lowest BCUT2D eigenvalue weighted by atomic mass is 9.92. The smallest absolute Gasteiger partial charge is 0.0776 e. The Morgan fingerprint density at radius 2 is 2.38 bits per heavy atom. The highest BCUT2D eigenvalue weighted by molar-refractivity contribution is 7.05. The van der Waals surface area contributed by atoms with E-state index in [1.807, 2.05) is 6.92 Å². The van der Waals surface area contributed by atoms with E-state index in [4.69, 9.17) is 0 Å². The predicted octanol–water partition coefficient (Wildman–Crippen LogP) is 3.00. The largest absolute Gasteiger partial charge is 0.306 e. The van der Waals surface area contributed by atoms with Gasteiger partial charge in [0.05, 0.1) is 16.6 Å². The number of aromatic nitrogens is 2. The summed E-state index contributed by atoms with van der Waals surface area (Å²) >= 11 is 1.53. The van der Waals surface area contributed by atoms with Crippen molar-refractivity contribution in [2.24, 2.45) is 0 Å². The van der Waals surface area contributed by atoms with Gasteiger partial charge in [0.25, 0.3) is 0 Å². The first-order valence-electron chi connectivity index (χ1n) is 6.04. The van der Waals surface area contributed by atoms with E-state index >= 15 is 0 Å². The van der Waals surface area contributed by atoms with Gasteiger partial charge in [0.15, 0.2) is 0 Å². The number of rotatable bonds is 4. The fraction of sp³-hybridized carbons (Fsp3) is 0.667. The maximum Gasteiger partial charge on any atom is 0.0776 e. The van der Waals surface area contributed by atoms with E-state index in [-0.39, 0.29) is 0 Å². The Balaban J connectivity index is 2.23. The predicted molar refractivity (Wildman–Crippen MR) is 67.6 cm³/mol. The molecule has 4 heteroatoms. The molecule has 2 rings (SSSR count). The molecule has 0 spiro atoms. The summed E-state index contributed by atoms with van der Waals surface area (Å²) in [5, 5.41) is 7.67. The zero-order valence-corrected chi connectivity index (χ0v) is 10.8. The molecule has 1 atom stereocenters. The molecule has 0 aromatic carbocycles. The average Bonchev–Trinajstić information content (AvgIpc) is 2.73. The third kappa shape index (κ3) is 2.50. The van der Waals surface area contributed by atoms with Gasteiger partial charge in [0.1, 0.15) is 0 Å². The second-order valence-corrected chi connectivity index (χ2v) is 5.02. The molecule has 1 N–H and O–H groups in total. The van der Waals surface area contributed by atoms with Gasteiger partial charge in [-0.2, -0.15) is 0 Å². The van der Waals surface area contributed by atoms with Gasteiger partial charge in [-0.3, -0.25) is 0 Å². The molecule has 1 unspecified atom stereocenters. The molecule has 0 amide bonds. The third-order valence-electron chi connectivity index (χ3n) is 3.05. The van der Waals surface area contributed by atoms with Crippen molar-refractivity contribution < 1.29 is 0 Å². The summed E-state index contributed by atoms with van der Waals surface area (Å²) in [5.41, 5.74) is 2.60. The summed E-state index contributed by atoms with van der Waals surface area (Å²) in [6.07, 6.45) is 7.49. The number of nitrogens with zero attached hydrogens (tertiary/aromatic N) is 2. The minimum atomic E-state index is 0.352. The standard InChI is InChI=1S/C12H19N3S/c1-3-13-11(10-7-5-4-6-8-10)12-9(2)14-15-16-12/h7,11,13H,3-6,8H2,1-2H3. The highest BCUT2D eigenvalue weighted by Crippen LogP contribution is 2.32. The molecule has 0 saturated carbocycles. The summed E-state index contributed by atoms with van der Waals surface area (Å²) in [5.74, 6) is 0. The van der Waals surface area contributed by atoms with Gasteiger partial charge < -0.3 is 5.32 Å². The average molecular weight is 237 g/mol. The molecule has 1 aromatic rings. The molecule has 0 aliphatic heterocycles. The summed E-state index contributed by atoms with van der Waals surface area (Å²) in [6, 6.07) is 0.352. The molecule has 1 aliphatic rings. The van der Waals surface area contributed by atoms with Gasteiger partial charge in [-0.15, -0.1) is 5.10 Å². The first-order chi connectivity index (χ1) is 7.83. The van der Waals surface area contributed by atoms with Crippen LogP contribution in [0.15, 0.2) is 11.6 Å². The number of allylic oxidation sites excluding steroid dienone is 1. The monoisotopic (exact) mass is 237 g/mol.